The monoisotopic (exact) mass is 327 g/mol. The Morgan fingerprint density at radius 1 is 1.58 bits per heavy atom. The van der Waals surface area contributed by atoms with Crippen LogP contribution in [0.1, 0.15) is 37.6 Å². The molecule has 19 heavy (non-hydrogen) atoms. The Hall–Kier alpha value is -0.680. The number of rotatable bonds is 5. The molecule has 1 aromatic rings. The third-order valence-electron chi connectivity index (χ3n) is 3.78. The topological polar surface area (TPSA) is 46.9 Å². The molecule has 1 atom stereocenters. The highest BCUT2D eigenvalue weighted by Gasteiger charge is 2.20. The predicted molar refractivity (Wildman–Crippen MR) is 79.2 cm³/mol. The first-order chi connectivity index (χ1) is 9.11. The fraction of sp³-hybridized carbons (Fsp3) is 0.714. The molecule has 1 fully saturated rings. The third-order valence-corrected chi connectivity index (χ3v) is 4.70. The molecule has 106 valence electrons. The van der Waals surface area contributed by atoms with E-state index in [2.05, 4.69) is 33.3 Å². The van der Waals surface area contributed by atoms with E-state index in [1.165, 1.54) is 12.8 Å². The summed E-state index contributed by atoms with van der Waals surface area (Å²) in [6.07, 6.45) is 4.42. The maximum absolute atomic E-state index is 12.2. The molecule has 0 aliphatic carbocycles. The van der Waals surface area contributed by atoms with Crippen molar-refractivity contribution < 1.29 is 4.79 Å². The Morgan fingerprint density at radius 3 is 2.95 bits per heavy atom. The first-order valence-corrected chi connectivity index (χ1v) is 7.83. The Balaban J connectivity index is 1.96. The smallest absolute Gasteiger partial charge is 0.139 e. The van der Waals surface area contributed by atoms with E-state index in [0.717, 1.165) is 35.4 Å². The molecule has 1 N–H and O–H groups in total. The Kier molecular flexibility index (Phi) is 5.16. The largest absolute Gasteiger partial charge is 0.316 e. The van der Waals surface area contributed by atoms with Crippen molar-refractivity contribution in [1.82, 2.24) is 15.1 Å². The maximum atomic E-state index is 12.2. The number of carbonyl (C=O) groups is 1. The van der Waals surface area contributed by atoms with Crippen molar-refractivity contribution in [2.75, 3.05) is 13.1 Å². The molecule has 1 aromatic heterocycles. The van der Waals surface area contributed by atoms with E-state index < -0.39 is 0 Å². The quantitative estimate of drug-likeness (QED) is 0.902. The Bertz CT molecular complexity index is 450. The second kappa shape index (κ2) is 6.66. The highest BCUT2D eigenvalue weighted by Crippen LogP contribution is 2.23. The van der Waals surface area contributed by atoms with Gasteiger partial charge in [-0.05, 0) is 54.2 Å². The zero-order valence-corrected chi connectivity index (χ0v) is 13.3. The van der Waals surface area contributed by atoms with Crippen LogP contribution in [0.5, 0.6) is 0 Å². The summed E-state index contributed by atoms with van der Waals surface area (Å²) in [5, 5.41) is 7.79. The third kappa shape index (κ3) is 3.66. The zero-order valence-electron chi connectivity index (χ0n) is 11.7. The van der Waals surface area contributed by atoms with E-state index in [0.29, 0.717) is 24.5 Å². The molecule has 1 unspecified atom stereocenters. The van der Waals surface area contributed by atoms with Crippen LogP contribution in [0, 0.1) is 5.92 Å². The van der Waals surface area contributed by atoms with Crippen molar-refractivity contribution >= 4 is 21.7 Å². The molecule has 2 heterocycles. The number of ketones is 1. The number of hydrogen-bond acceptors (Lipinski definition) is 3. The first kappa shape index (κ1) is 14.7. The van der Waals surface area contributed by atoms with E-state index in [1.54, 1.807) is 0 Å². The van der Waals surface area contributed by atoms with Crippen LogP contribution in [0.4, 0.5) is 0 Å². The van der Waals surface area contributed by atoms with Gasteiger partial charge in [-0.1, -0.05) is 6.92 Å². The molecular weight excluding hydrogens is 306 g/mol. The maximum Gasteiger partial charge on any atom is 0.139 e. The number of piperidine rings is 1. The second-order valence-electron chi connectivity index (χ2n) is 5.32. The number of aryl methyl sites for hydroxylation is 2. The summed E-state index contributed by atoms with van der Waals surface area (Å²) in [6, 6.07) is 0. The fourth-order valence-corrected chi connectivity index (χ4v) is 3.45. The normalized spacial score (nSPS) is 19.6. The zero-order chi connectivity index (χ0) is 13.8. The average Bonchev–Trinajstić information content (AvgIpc) is 2.67. The van der Waals surface area contributed by atoms with Crippen LogP contribution in [0.25, 0.3) is 0 Å². The molecule has 0 amide bonds. The summed E-state index contributed by atoms with van der Waals surface area (Å²) in [5.74, 6) is 0.832. The molecule has 0 saturated carbocycles. The highest BCUT2D eigenvalue weighted by molar-refractivity contribution is 9.10. The van der Waals surface area contributed by atoms with Gasteiger partial charge in [0.05, 0.1) is 15.9 Å². The highest BCUT2D eigenvalue weighted by atomic mass is 79.9. The standard InChI is InChI=1S/C14H22BrN3O/c1-3-12-14(15)13(18(2)17-12)8-11(19)7-10-5-4-6-16-9-10/h10,16H,3-9H2,1-2H3. The van der Waals surface area contributed by atoms with Crippen molar-refractivity contribution in [3.8, 4) is 0 Å². The predicted octanol–water partition coefficient (Wildman–Crippen LogP) is 2.25. The molecular formula is C14H22BrN3O. The minimum atomic E-state index is 0.319. The fourth-order valence-electron chi connectivity index (χ4n) is 2.69. The van der Waals surface area contributed by atoms with E-state index in [1.807, 2.05) is 11.7 Å². The molecule has 0 spiro atoms. The van der Waals surface area contributed by atoms with Gasteiger partial charge in [-0.25, -0.2) is 0 Å². The van der Waals surface area contributed by atoms with Crippen molar-refractivity contribution in [2.24, 2.45) is 13.0 Å². The molecule has 2 rings (SSSR count). The van der Waals surface area contributed by atoms with E-state index in [4.69, 9.17) is 0 Å². The van der Waals surface area contributed by atoms with Crippen LogP contribution < -0.4 is 5.32 Å². The summed E-state index contributed by atoms with van der Waals surface area (Å²) in [6.45, 7) is 4.16. The summed E-state index contributed by atoms with van der Waals surface area (Å²) in [5.41, 5.74) is 2.04. The molecule has 0 radical (unpaired) electrons. The summed E-state index contributed by atoms with van der Waals surface area (Å²) >= 11 is 3.57. The van der Waals surface area contributed by atoms with Gasteiger partial charge < -0.3 is 5.32 Å². The summed E-state index contributed by atoms with van der Waals surface area (Å²) < 4.78 is 2.84. The van der Waals surface area contributed by atoms with Gasteiger partial charge in [0, 0.05) is 19.9 Å². The minimum absolute atomic E-state index is 0.319. The lowest BCUT2D eigenvalue weighted by Crippen LogP contribution is -2.31. The first-order valence-electron chi connectivity index (χ1n) is 7.04. The van der Waals surface area contributed by atoms with Gasteiger partial charge in [-0.15, -0.1) is 0 Å². The van der Waals surface area contributed by atoms with Gasteiger partial charge in [-0.2, -0.15) is 5.10 Å². The SMILES string of the molecule is CCc1nn(C)c(CC(=O)CC2CCCNC2)c1Br. The van der Waals surface area contributed by atoms with E-state index in [-0.39, 0.29) is 0 Å². The number of nitrogens with one attached hydrogen (secondary N) is 1. The molecule has 1 aliphatic rings. The van der Waals surface area contributed by atoms with Crippen LogP contribution in [-0.4, -0.2) is 28.7 Å². The number of aromatic nitrogens is 2. The second-order valence-corrected chi connectivity index (χ2v) is 6.11. The number of nitrogens with zero attached hydrogens (tertiary/aromatic N) is 2. The molecule has 0 bridgehead atoms. The number of halogens is 1. The molecule has 0 aromatic carbocycles. The van der Waals surface area contributed by atoms with E-state index in [9.17, 15) is 4.79 Å². The van der Waals surface area contributed by atoms with Crippen molar-refractivity contribution in [1.29, 1.82) is 0 Å². The van der Waals surface area contributed by atoms with Crippen LogP contribution in [-0.2, 0) is 24.7 Å². The van der Waals surface area contributed by atoms with Crippen molar-refractivity contribution in [3.63, 3.8) is 0 Å². The van der Waals surface area contributed by atoms with Gasteiger partial charge in [0.2, 0.25) is 0 Å². The van der Waals surface area contributed by atoms with Gasteiger partial charge in [0.15, 0.2) is 0 Å². The van der Waals surface area contributed by atoms with Crippen LogP contribution in [0.15, 0.2) is 4.47 Å². The van der Waals surface area contributed by atoms with Crippen LogP contribution >= 0.6 is 15.9 Å². The van der Waals surface area contributed by atoms with Crippen molar-refractivity contribution in [3.05, 3.63) is 15.9 Å². The molecule has 1 saturated heterocycles. The van der Waals surface area contributed by atoms with Crippen LogP contribution in [0.3, 0.4) is 0 Å². The summed E-state index contributed by atoms with van der Waals surface area (Å²) in [4.78, 5) is 12.2. The molecule has 5 heteroatoms. The van der Waals surface area contributed by atoms with Gasteiger partial charge >= 0.3 is 0 Å². The number of hydrogen-bond donors (Lipinski definition) is 1. The number of Topliss-reactive ketones (excluding diaryl/α,β-unsaturated/α-hetero) is 1. The lowest BCUT2D eigenvalue weighted by atomic mass is 9.93. The molecule has 4 nitrogen and oxygen atoms in total. The van der Waals surface area contributed by atoms with Crippen LogP contribution in [0.2, 0.25) is 0 Å². The average molecular weight is 328 g/mol. The van der Waals surface area contributed by atoms with Gasteiger partial charge in [0.25, 0.3) is 0 Å². The minimum Gasteiger partial charge on any atom is -0.316 e. The molecule has 1 aliphatic heterocycles. The lowest BCUT2D eigenvalue weighted by molar-refractivity contribution is -0.119. The van der Waals surface area contributed by atoms with Gasteiger partial charge in [0.1, 0.15) is 5.78 Å². The van der Waals surface area contributed by atoms with Gasteiger partial charge in [-0.3, -0.25) is 9.48 Å². The Labute approximate surface area is 123 Å². The van der Waals surface area contributed by atoms with E-state index >= 15 is 0 Å². The Morgan fingerprint density at radius 2 is 2.37 bits per heavy atom. The number of carbonyl (C=O) groups excluding carboxylic acids is 1. The summed E-state index contributed by atoms with van der Waals surface area (Å²) in [7, 11) is 1.91. The lowest BCUT2D eigenvalue weighted by Gasteiger charge is -2.21. The van der Waals surface area contributed by atoms with Crippen molar-refractivity contribution in [2.45, 2.75) is 39.0 Å².